The maximum absolute atomic E-state index is 5.29. The number of nitrogens with zero attached hydrogens (tertiary/aromatic N) is 2. The molecule has 0 saturated heterocycles. The SMILES string of the molecule is CC(Nc1cc(NCc2ccco2)ncn1)c1ccccc1. The first kappa shape index (κ1) is 14.1. The van der Waals surface area contributed by atoms with E-state index in [0.29, 0.717) is 6.54 Å². The second kappa shape index (κ2) is 6.76. The highest BCUT2D eigenvalue weighted by Gasteiger charge is 2.06. The summed E-state index contributed by atoms with van der Waals surface area (Å²) >= 11 is 0. The third kappa shape index (κ3) is 3.63. The van der Waals surface area contributed by atoms with Gasteiger partial charge in [-0.25, -0.2) is 9.97 Å². The molecule has 0 radical (unpaired) electrons. The lowest BCUT2D eigenvalue weighted by atomic mass is 10.1. The van der Waals surface area contributed by atoms with Gasteiger partial charge in [0.1, 0.15) is 23.7 Å². The van der Waals surface area contributed by atoms with Gasteiger partial charge in [0.05, 0.1) is 12.8 Å². The summed E-state index contributed by atoms with van der Waals surface area (Å²) in [6, 6.07) is 16.1. The van der Waals surface area contributed by atoms with E-state index in [1.54, 1.807) is 12.6 Å². The van der Waals surface area contributed by atoms with Crippen LogP contribution in [0.5, 0.6) is 0 Å². The van der Waals surface area contributed by atoms with Gasteiger partial charge in [0.15, 0.2) is 0 Å². The number of nitrogens with one attached hydrogen (secondary N) is 2. The van der Waals surface area contributed by atoms with Gasteiger partial charge in [0, 0.05) is 12.1 Å². The van der Waals surface area contributed by atoms with Crippen molar-refractivity contribution in [3.05, 3.63) is 72.4 Å². The van der Waals surface area contributed by atoms with Gasteiger partial charge in [-0.05, 0) is 24.6 Å². The van der Waals surface area contributed by atoms with E-state index in [4.69, 9.17) is 4.42 Å². The zero-order valence-corrected chi connectivity index (χ0v) is 12.4. The first-order valence-corrected chi connectivity index (χ1v) is 7.21. The van der Waals surface area contributed by atoms with Gasteiger partial charge in [-0.2, -0.15) is 0 Å². The summed E-state index contributed by atoms with van der Waals surface area (Å²) in [5.41, 5.74) is 1.21. The Morgan fingerprint density at radius 1 is 1.05 bits per heavy atom. The van der Waals surface area contributed by atoms with E-state index in [1.165, 1.54) is 5.56 Å². The molecule has 1 aromatic carbocycles. The summed E-state index contributed by atoms with van der Waals surface area (Å²) in [4.78, 5) is 8.48. The van der Waals surface area contributed by atoms with Crippen LogP contribution >= 0.6 is 0 Å². The van der Waals surface area contributed by atoms with E-state index in [-0.39, 0.29) is 6.04 Å². The van der Waals surface area contributed by atoms with E-state index < -0.39 is 0 Å². The highest BCUT2D eigenvalue weighted by molar-refractivity contribution is 5.47. The predicted octanol–water partition coefficient (Wildman–Crippen LogP) is 3.85. The summed E-state index contributed by atoms with van der Waals surface area (Å²) in [5.74, 6) is 2.41. The molecular formula is C17H18N4O. The third-order valence-electron chi connectivity index (χ3n) is 3.35. The summed E-state index contributed by atoms with van der Waals surface area (Å²) in [6.45, 7) is 2.70. The van der Waals surface area contributed by atoms with Gasteiger partial charge < -0.3 is 15.1 Å². The Kier molecular flexibility index (Phi) is 4.34. The minimum atomic E-state index is 0.175. The number of aromatic nitrogens is 2. The second-order valence-corrected chi connectivity index (χ2v) is 5.00. The van der Waals surface area contributed by atoms with E-state index in [1.807, 2.05) is 36.4 Å². The van der Waals surface area contributed by atoms with Crippen molar-refractivity contribution in [2.24, 2.45) is 0 Å². The van der Waals surface area contributed by atoms with E-state index >= 15 is 0 Å². The number of furan rings is 1. The first-order valence-electron chi connectivity index (χ1n) is 7.21. The Labute approximate surface area is 129 Å². The molecular weight excluding hydrogens is 276 g/mol. The molecule has 2 heterocycles. The molecule has 0 aliphatic rings. The molecule has 0 fully saturated rings. The molecule has 0 aliphatic heterocycles. The minimum Gasteiger partial charge on any atom is -0.467 e. The molecule has 2 N–H and O–H groups in total. The summed E-state index contributed by atoms with van der Waals surface area (Å²) in [6.07, 6.45) is 3.20. The number of hydrogen-bond acceptors (Lipinski definition) is 5. The Morgan fingerprint density at radius 2 is 1.86 bits per heavy atom. The summed E-state index contributed by atoms with van der Waals surface area (Å²) in [5, 5.41) is 6.59. The molecule has 1 unspecified atom stereocenters. The Balaban J connectivity index is 1.63. The zero-order chi connectivity index (χ0) is 15.2. The molecule has 2 aromatic heterocycles. The van der Waals surface area contributed by atoms with Crippen molar-refractivity contribution in [2.45, 2.75) is 19.5 Å². The van der Waals surface area contributed by atoms with Crippen LogP contribution in [0.2, 0.25) is 0 Å². The average molecular weight is 294 g/mol. The van der Waals surface area contributed by atoms with Crippen molar-refractivity contribution in [2.75, 3.05) is 10.6 Å². The van der Waals surface area contributed by atoms with Gasteiger partial charge in [0.2, 0.25) is 0 Å². The van der Waals surface area contributed by atoms with Gasteiger partial charge in [-0.1, -0.05) is 30.3 Å². The van der Waals surface area contributed by atoms with Crippen molar-refractivity contribution in [3.8, 4) is 0 Å². The van der Waals surface area contributed by atoms with E-state index in [0.717, 1.165) is 17.4 Å². The monoisotopic (exact) mass is 294 g/mol. The first-order chi connectivity index (χ1) is 10.8. The molecule has 0 aliphatic carbocycles. The Bertz CT molecular complexity index is 698. The van der Waals surface area contributed by atoms with Gasteiger partial charge in [-0.15, -0.1) is 0 Å². The molecule has 22 heavy (non-hydrogen) atoms. The van der Waals surface area contributed by atoms with Crippen LogP contribution in [-0.4, -0.2) is 9.97 Å². The average Bonchev–Trinajstić information content (AvgIpc) is 3.08. The number of hydrogen-bond donors (Lipinski definition) is 2. The van der Waals surface area contributed by atoms with E-state index in [2.05, 4.69) is 39.7 Å². The van der Waals surface area contributed by atoms with E-state index in [9.17, 15) is 0 Å². The Hall–Kier alpha value is -2.82. The molecule has 5 heteroatoms. The maximum atomic E-state index is 5.29. The highest BCUT2D eigenvalue weighted by atomic mass is 16.3. The Morgan fingerprint density at radius 3 is 2.64 bits per heavy atom. The quantitative estimate of drug-likeness (QED) is 0.723. The van der Waals surface area contributed by atoms with Crippen molar-refractivity contribution < 1.29 is 4.42 Å². The fourth-order valence-corrected chi connectivity index (χ4v) is 2.17. The van der Waals surface area contributed by atoms with Crippen LogP contribution in [0, 0.1) is 0 Å². The molecule has 112 valence electrons. The molecule has 5 nitrogen and oxygen atoms in total. The summed E-state index contributed by atoms with van der Waals surface area (Å²) in [7, 11) is 0. The minimum absolute atomic E-state index is 0.175. The largest absolute Gasteiger partial charge is 0.467 e. The second-order valence-electron chi connectivity index (χ2n) is 5.00. The molecule has 1 atom stereocenters. The topological polar surface area (TPSA) is 63.0 Å². The lowest BCUT2D eigenvalue weighted by Crippen LogP contribution is -2.09. The smallest absolute Gasteiger partial charge is 0.131 e. The molecule has 3 rings (SSSR count). The summed E-state index contributed by atoms with van der Waals surface area (Å²) < 4.78 is 5.29. The van der Waals surface area contributed by atoms with Crippen molar-refractivity contribution in [1.82, 2.24) is 9.97 Å². The molecule has 0 saturated carbocycles. The molecule has 0 bridgehead atoms. The number of anilines is 2. The highest BCUT2D eigenvalue weighted by Crippen LogP contribution is 2.18. The van der Waals surface area contributed by atoms with Gasteiger partial charge in [-0.3, -0.25) is 0 Å². The van der Waals surface area contributed by atoms with Crippen molar-refractivity contribution in [1.29, 1.82) is 0 Å². The van der Waals surface area contributed by atoms with Crippen LogP contribution in [0.3, 0.4) is 0 Å². The maximum Gasteiger partial charge on any atom is 0.131 e. The van der Waals surface area contributed by atoms with Crippen LogP contribution in [0.4, 0.5) is 11.6 Å². The number of benzene rings is 1. The lowest BCUT2D eigenvalue weighted by molar-refractivity contribution is 0.518. The zero-order valence-electron chi connectivity index (χ0n) is 12.4. The van der Waals surface area contributed by atoms with Crippen LogP contribution < -0.4 is 10.6 Å². The number of rotatable bonds is 6. The molecule has 0 amide bonds. The van der Waals surface area contributed by atoms with Crippen LogP contribution in [0.25, 0.3) is 0 Å². The van der Waals surface area contributed by atoms with Crippen molar-refractivity contribution >= 4 is 11.6 Å². The van der Waals surface area contributed by atoms with Gasteiger partial charge in [0.25, 0.3) is 0 Å². The van der Waals surface area contributed by atoms with Gasteiger partial charge >= 0.3 is 0 Å². The molecule has 0 spiro atoms. The molecule has 3 aromatic rings. The third-order valence-corrected chi connectivity index (χ3v) is 3.35. The van der Waals surface area contributed by atoms with Crippen LogP contribution in [-0.2, 0) is 6.54 Å². The van der Waals surface area contributed by atoms with Crippen molar-refractivity contribution in [3.63, 3.8) is 0 Å². The van der Waals surface area contributed by atoms with Crippen LogP contribution in [0.15, 0.2) is 65.5 Å². The normalized spacial score (nSPS) is 11.9. The van der Waals surface area contributed by atoms with Crippen LogP contribution in [0.1, 0.15) is 24.3 Å². The lowest BCUT2D eigenvalue weighted by Gasteiger charge is -2.15. The fourth-order valence-electron chi connectivity index (χ4n) is 2.17. The fraction of sp³-hybridized carbons (Fsp3) is 0.176. The standard InChI is InChI=1S/C17H18N4O/c1-13(14-6-3-2-4-7-14)21-17-10-16(19-12-20-17)18-11-15-8-5-9-22-15/h2-10,12-13H,11H2,1H3,(H2,18,19,20,21). The predicted molar refractivity (Wildman–Crippen MR) is 86.5 cm³/mol.